The molecule has 0 spiro atoms. The van der Waals surface area contributed by atoms with Crippen LogP contribution in [0.3, 0.4) is 0 Å². The maximum absolute atomic E-state index is 11.6. The Morgan fingerprint density at radius 3 is 3.06 bits per heavy atom. The molecular formula is C11H19N5O. The average Bonchev–Trinajstić information content (AvgIpc) is 2.90. The summed E-state index contributed by atoms with van der Waals surface area (Å²) in [5.41, 5.74) is 5.80. The molecule has 1 aromatic heterocycles. The zero-order chi connectivity index (χ0) is 12.1. The van der Waals surface area contributed by atoms with Crippen molar-refractivity contribution < 1.29 is 4.79 Å². The summed E-state index contributed by atoms with van der Waals surface area (Å²) in [6.45, 7) is 0.734. The number of nitrogens with zero attached hydrogens (tertiary/aromatic N) is 3. The summed E-state index contributed by atoms with van der Waals surface area (Å²) in [6, 6.07) is 0.541. The molecule has 0 aromatic carbocycles. The van der Waals surface area contributed by atoms with E-state index in [1.54, 1.807) is 11.0 Å². The van der Waals surface area contributed by atoms with Gasteiger partial charge < -0.3 is 11.1 Å². The molecule has 1 fully saturated rings. The van der Waals surface area contributed by atoms with Crippen molar-refractivity contribution in [1.29, 1.82) is 0 Å². The third-order valence-corrected chi connectivity index (χ3v) is 3.10. The third kappa shape index (κ3) is 3.81. The van der Waals surface area contributed by atoms with Gasteiger partial charge >= 0.3 is 0 Å². The molecule has 6 nitrogen and oxygen atoms in total. The summed E-state index contributed by atoms with van der Waals surface area (Å²) in [5.74, 6) is 0.115. The van der Waals surface area contributed by atoms with E-state index in [1.807, 2.05) is 0 Å². The normalized spacial score (nSPS) is 23.8. The number of hydrogen-bond acceptors (Lipinski definition) is 4. The molecule has 1 saturated carbocycles. The van der Waals surface area contributed by atoms with Crippen molar-refractivity contribution >= 4 is 5.91 Å². The van der Waals surface area contributed by atoms with Gasteiger partial charge in [-0.15, -0.1) is 0 Å². The SMILES string of the molecule is N[C@@H]1CC[C@@H](NC(=O)CCCn2cncn2)C1. The van der Waals surface area contributed by atoms with E-state index in [4.69, 9.17) is 5.73 Å². The van der Waals surface area contributed by atoms with Gasteiger partial charge in [0.2, 0.25) is 5.91 Å². The first-order valence-corrected chi connectivity index (χ1v) is 6.11. The van der Waals surface area contributed by atoms with Gasteiger partial charge in [-0.25, -0.2) is 4.98 Å². The first-order valence-electron chi connectivity index (χ1n) is 6.11. The van der Waals surface area contributed by atoms with Gasteiger partial charge in [-0.1, -0.05) is 0 Å². The van der Waals surface area contributed by atoms with Crippen molar-refractivity contribution in [2.75, 3.05) is 0 Å². The van der Waals surface area contributed by atoms with Gasteiger partial charge in [0, 0.05) is 25.0 Å². The minimum Gasteiger partial charge on any atom is -0.353 e. The Hall–Kier alpha value is -1.43. The van der Waals surface area contributed by atoms with Crippen molar-refractivity contribution in [3.8, 4) is 0 Å². The Bertz CT molecular complexity index is 351. The zero-order valence-electron chi connectivity index (χ0n) is 9.88. The number of nitrogens with one attached hydrogen (secondary N) is 1. The van der Waals surface area contributed by atoms with E-state index in [0.29, 0.717) is 6.42 Å². The van der Waals surface area contributed by atoms with E-state index < -0.39 is 0 Å². The van der Waals surface area contributed by atoms with Crippen LogP contribution >= 0.6 is 0 Å². The molecule has 1 heterocycles. The second kappa shape index (κ2) is 5.77. The second-order valence-corrected chi connectivity index (χ2v) is 4.60. The number of aromatic nitrogens is 3. The van der Waals surface area contributed by atoms with Crippen LogP contribution in [-0.4, -0.2) is 32.8 Å². The lowest BCUT2D eigenvalue weighted by Gasteiger charge is -2.12. The summed E-state index contributed by atoms with van der Waals surface area (Å²) in [5, 5.41) is 7.01. The van der Waals surface area contributed by atoms with E-state index in [9.17, 15) is 4.79 Å². The fourth-order valence-corrected chi connectivity index (χ4v) is 2.20. The topological polar surface area (TPSA) is 85.8 Å². The van der Waals surface area contributed by atoms with Crippen molar-refractivity contribution in [2.24, 2.45) is 5.73 Å². The molecule has 17 heavy (non-hydrogen) atoms. The summed E-state index contributed by atoms with van der Waals surface area (Å²) in [7, 11) is 0. The minimum atomic E-state index is 0.115. The number of carbonyl (C=O) groups excluding carboxylic acids is 1. The number of nitrogens with two attached hydrogens (primary N) is 1. The summed E-state index contributed by atoms with van der Waals surface area (Å²) in [4.78, 5) is 15.5. The Morgan fingerprint density at radius 2 is 2.41 bits per heavy atom. The number of hydrogen-bond donors (Lipinski definition) is 2. The van der Waals surface area contributed by atoms with Crippen LogP contribution in [0.5, 0.6) is 0 Å². The molecular weight excluding hydrogens is 218 g/mol. The number of rotatable bonds is 5. The minimum absolute atomic E-state index is 0.115. The maximum Gasteiger partial charge on any atom is 0.220 e. The highest BCUT2D eigenvalue weighted by atomic mass is 16.1. The predicted octanol–water partition coefficient (Wildman–Crippen LogP) is 0.0543. The quantitative estimate of drug-likeness (QED) is 0.758. The number of carbonyl (C=O) groups is 1. The van der Waals surface area contributed by atoms with Gasteiger partial charge in [0.05, 0.1) is 0 Å². The highest BCUT2D eigenvalue weighted by Gasteiger charge is 2.22. The molecule has 2 rings (SSSR count). The largest absolute Gasteiger partial charge is 0.353 e. The molecule has 1 amide bonds. The van der Waals surface area contributed by atoms with Gasteiger partial charge in [-0.3, -0.25) is 9.48 Å². The van der Waals surface area contributed by atoms with Crippen LogP contribution < -0.4 is 11.1 Å². The molecule has 0 aliphatic heterocycles. The smallest absolute Gasteiger partial charge is 0.220 e. The second-order valence-electron chi connectivity index (χ2n) is 4.60. The van der Waals surface area contributed by atoms with Gasteiger partial charge in [0.1, 0.15) is 12.7 Å². The number of aryl methyl sites for hydroxylation is 1. The van der Waals surface area contributed by atoms with Crippen molar-refractivity contribution in [1.82, 2.24) is 20.1 Å². The summed E-state index contributed by atoms with van der Waals surface area (Å²) in [6.07, 6.45) is 7.42. The first-order chi connectivity index (χ1) is 8.24. The Morgan fingerprint density at radius 1 is 1.53 bits per heavy atom. The molecule has 0 bridgehead atoms. The van der Waals surface area contributed by atoms with Crippen molar-refractivity contribution in [3.63, 3.8) is 0 Å². The number of amides is 1. The van der Waals surface area contributed by atoms with Gasteiger partial charge in [0.15, 0.2) is 0 Å². The fraction of sp³-hybridized carbons (Fsp3) is 0.727. The van der Waals surface area contributed by atoms with Crippen LogP contribution in [0.25, 0.3) is 0 Å². The Balaban J connectivity index is 1.61. The highest BCUT2D eigenvalue weighted by molar-refractivity contribution is 5.76. The van der Waals surface area contributed by atoms with Crippen molar-refractivity contribution in [2.45, 2.75) is 50.7 Å². The maximum atomic E-state index is 11.6. The van der Waals surface area contributed by atoms with E-state index in [2.05, 4.69) is 15.4 Å². The molecule has 0 radical (unpaired) electrons. The van der Waals surface area contributed by atoms with Gasteiger partial charge in [-0.05, 0) is 25.7 Å². The van der Waals surface area contributed by atoms with Crippen LogP contribution in [-0.2, 0) is 11.3 Å². The molecule has 1 aliphatic rings. The lowest BCUT2D eigenvalue weighted by molar-refractivity contribution is -0.121. The fourth-order valence-electron chi connectivity index (χ4n) is 2.20. The third-order valence-electron chi connectivity index (χ3n) is 3.10. The monoisotopic (exact) mass is 237 g/mol. The Kier molecular flexibility index (Phi) is 4.08. The predicted molar refractivity (Wildman–Crippen MR) is 63.0 cm³/mol. The van der Waals surface area contributed by atoms with Gasteiger partial charge in [0.25, 0.3) is 0 Å². The molecule has 1 aliphatic carbocycles. The molecule has 3 N–H and O–H groups in total. The van der Waals surface area contributed by atoms with E-state index >= 15 is 0 Å². The lowest BCUT2D eigenvalue weighted by atomic mass is 10.2. The van der Waals surface area contributed by atoms with E-state index in [0.717, 1.165) is 32.2 Å². The first kappa shape index (κ1) is 12.0. The molecule has 2 atom stereocenters. The van der Waals surface area contributed by atoms with Crippen LogP contribution in [0, 0.1) is 0 Å². The summed E-state index contributed by atoms with van der Waals surface area (Å²) < 4.78 is 1.73. The van der Waals surface area contributed by atoms with E-state index in [1.165, 1.54) is 6.33 Å². The van der Waals surface area contributed by atoms with Crippen LogP contribution in [0.1, 0.15) is 32.1 Å². The molecule has 1 aromatic rings. The van der Waals surface area contributed by atoms with Gasteiger partial charge in [-0.2, -0.15) is 5.10 Å². The van der Waals surface area contributed by atoms with Crippen molar-refractivity contribution in [3.05, 3.63) is 12.7 Å². The van der Waals surface area contributed by atoms with E-state index in [-0.39, 0.29) is 18.0 Å². The molecule has 0 unspecified atom stereocenters. The van der Waals surface area contributed by atoms with Crippen LogP contribution in [0.4, 0.5) is 0 Å². The summed E-state index contributed by atoms with van der Waals surface area (Å²) >= 11 is 0. The average molecular weight is 237 g/mol. The standard InChI is InChI=1S/C11H19N5O/c12-9-3-4-10(6-9)15-11(17)2-1-5-16-8-13-7-14-16/h7-10H,1-6,12H2,(H,15,17)/t9-,10-/m1/s1. The Labute approximate surface area is 101 Å². The van der Waals surface area contributed by atoms with Crippen LogP contribution in [0.15, 0.2) is 12.7 Å². The lowest BCUT2D eigenvalue weighted by Crippen LogP contribution is -2.34. The zero-order valence-corrected chi connectivity index (χ0v) is 9.88. The molecule has 0 saturated heterocycles. The highest BCUT2D eigenvalue weighted by Crippen LogP contribution is 2.17. The molecule has 6 heteroatoms. The molecule has 94 valence electrons. The van der Waals surface area contributed by atoms with Crippen LogP contribution in [0.2, 0.25) is 0 Å².